The van der Waals surface area contributed by atoms with Crippen LogP contribution in [0.1, 0.15) is 38.2 Å². The number of guanidine groups is 1. The molecule has 1 aliphatic rings. The standard InChI is InChI=1S/C19H29F2N3O2/c1-3-22-18(24-14-19(8-5-9-19)10-11-25-2)23-13-15-6-4-7-16(12-15)26-17(20)21/h4,6-7,12,17H,3,5,8-11,13-14H2,1-2H3,(H2,22,23,24). The number of rotatable bonds is 10. The van der Waals surface area contributed by atoms with E-state index in [1.807, 2.05) is 13.0 Å². The minimum absolute atomic E-state index is 0.152. The van der Waals surface area contributed by atoms with E-state index in [1.54, 1.807) is 19.2 Å². The largest absolute Gasteiger partial charge is 0.435 e. The molecule has 0 amide bonds. The Labute approximate surface area is 154 Å². The molecule has 0 heterocycles. The van der Waals surface area contributed by atoms with Gasteiger partial charge in [0.25, 0.3) is 0 Å². The Kier molecular flexibility index (Phi) is 8.09. The van der Waals surface area contributed by atoms with Crippen molar-refractivity contribution in [1.82, 2.24) is 10.6 Å². The smallest absolute Gasteiger partial charge is 0.387 e. The van der Waals surface area contributed by atoms with E-state index in [0.29, 0.717) is 6.54 Å². The highest BCUT2D eigenvalue weighted by Gasteiger charge is 2.36. The maximum Gasteiger partial charge on any atom is 0.387 e. The number of hydrogen-bond acceptors (Lipinski definition) is 3. The van der Waals surface area contributed by atoms with Crippen molar-refractivity contribution in [3.8, 4) is 5.75 Å². The summed E-state index contributed by atoms with van der Waals surface area (Å²) in [5.41, 5.74) is 1.11. The van der Waals surface area contributed by atoms with E-state index in [4.69, 9.17) is 4.74 Å². The lowest BCUT2D eigenvalue weighted by atomic mass is 9.67. The predicted octanol–water partition coefficient (Wildman–Crippen LogP) is 3.55. The first-order valence-corrected chi connectivity index (χ1v) is 9.12. The third kappa shape index (κ3) is 6.44. The van der Waals surface area contributed by atoms with Crippen LogP contribution in [-0.2, 0) is 11.3 Å². The number of aliphatic imine (C=N–C) groups is 1. The van der Waals surface area contributed by atoms with Gasteiger partial charge in [-0.2, -0.15) is 8.78 Å². The molecule has 1 aromatic carbocycles. The van der Waals surface area contributed by atoms with Gasteiger partial charge in [-0.15, -0.1) is 0 Å². The van der Waals surface area contributed by atoms with Gasteiger partial charge in [0.2, 0.25) is 0 Å². The lowest BCUT2D eigenvalue weighted by Crippen LogP contribution is -2.46. The van der Waals surface area contributed by atoms with Gasteiger partial charge in [0.15, 0.2) is 5.96 Å². The molecule has 1 fully saturated rings. The molecule has 0 spiro atoms. The highest BCUT2D eigenvalue weighted by atomic mass is 19.3. The molecule has 0 aromatic heterocycles. The van der Waals surface area contributed by atoms with E-state index >= 15 is 0 Å². The summed E-state index contributed by atoms with van der Waals surface area (Å²) < 4.78 is 34.3. The molecule has 0 saturated heterocycles. The number of methoxy groups -OCH3 is 1. The van der Waals surface area contributed by atoms with E-state index in [2.05, 4.69) is 20.4 Å². The zero-order valence-corrected chi connectivity index (χ0v) is 15.6. The van der Waals surface area contributed by atoms with Crippen LogP contribution in [0.4, 0.5) is 8.78 Å². The highest BCUT2D eigenvalue weighted by molar-refractivity contribution is 5.79. The second-order valence-electron chi connectivity index (χ2n) is 6.67. The Morgan fingerprint density at radius 1 is 1.31 bits per heavy atom. The van der Waals surface area contributed by atoms with Crippen LogP contribution in [0.5, 0.6) is 5.75 Å². The van der Waals surface area contributed by atoms with Crippen molar-refractivity contribution < 1.29 is 18.3 Å². The summed E-state index contributed by atoms with van der Waals surface area (Å²) >= 11 is 0. The fourth-order valence-corrected chi connectivity index (χ4v) is 3.11. The zero-order valence-electron chi connectivity index (χ0n) is 15.6. The summed E-state index contributed by atoms with van der Waals surface area (Å²) in [6.07, 6.45) is 4.71. The number of alkyl halides is 2. The second-order valence-corrected chi connectivity index (χ2v) is 6.67. The SMILES string of the molecule is CCNC(=NCc1cccc(OC(F)F)c1)NCC1(CCOC)CCC1. The second kappa shape index (κ2) is 10.3. The number of halogens is 2. The third-order valence-electron chi connectivity index (χ3n) is 4.77. The normalized spacial score (nSPS) is 16.3. The molecule has 1 saturated carbocycles. The van der Waals surface area contributed by atoms with Crippen molar-refractivity contribution in [2.45, 2.75) is 45.8 Å². The zero-order chi connectivity index (χ0) is 18.8. The van der Waals surface area contributed by atoms with Crippen molar-refractivity contribution in [2.75, 3.05) is 26.8 Å². The maximum atomic E-state index is 12.3. The molecular weight excluding hydrogens is 340 g/mol. The molecule has 0 atom stereocenters. The first kappa shape index (κ1) is 20.4. The van der Waals surface area contributed by atoms with Gasteiger partial charge in [-0.3, -0.25) is 0 Å². The van der Waals surface area contributed by atoms with Crippen LogP contribution in [-0.4, -0.2) is 39.4 Å². The van der Waals surface area contributed by atoms with Gasteiger partial charge in [-0.1, -0.05) is 18.6 Å². The first-order chi connectivity index (χ1) is 12.6. The summed E-state index contributed by atoms with van der Waals surface area (Å²) in [5, 5.41) is 6.65. The number of ether oxygens (including phenoxy) is 2. The van der Waals surface area contributed by atoms with Crippen LogP contribution < -0.4 is 15.4 Å². The Bertz CT molecular complexity index is 578. The van der Waals surface area contributed by atoms with Crippen LogP contribution in [0.15, 0.2) is 29.3 Å². The number of nitrogens with zero attached hydrogens (tertiary/aromatic N) is 1. The fourth-order valence-electron chi connectivity index (χ4n) is 3.11. The number of nitrogens with one attached hydrogen (secondary N) is 2. The van der Waals surface area contributed by atoms with Crippen molar-refractivity contribution in [3.63, 3.8) is 0 Å². The molecule has 1 aromatic rings. The van der Waals surface area contributed by atoms with E-state index in [9.17, 15) is 8.78 Å². The number of hydrogen-bond donors (Lipinski definition) is 2. The molecule has 2 rings (SSSR count). The summed E-state index contributed by atoms with van der Waals surface area (Å²) in [6.45, 7) is 1.96. The highest BCUT2D eigenvalue weighted by Crippen LogP contribution is 2.43. The summed E-state index contributed by atoms with van der Waals surface area (Å²) in [7, 11) is 1.73. The Morgan fingerprint density at radius 2 is 2.12 bits per heavy atom. The Morgan fingerprint density at radius 3 is 2.73 bits per heavy atom. The molecule has 5 nitrogen and oxygen atoms in total. The number of benzene rings is 1. The van der Waals surface area contributed by atoms with E-state index < -0.39 is 6.61 Å². The fraction of sp³-hybridized carbons (Fsp3) is 0.632. The summed E-state index contributed by atoms with van der Waals surface area (Å²) in [5.74, 6) is 0.884. The van der Waals surface area contributed by atoms with Crippen molar-refractivity contribution >= 4 is 5.96 Å². The van der Waals surface area contributed by atoms with E-state index in [-0.39, 0.29) is 11.2 Å². The van der Waals surface area contributed by atoms with Crippen LogP contribution in [0.3, 0.4) is 0 Å². The minimum Gasteiger partial charge on any atom is -0.435 e. The molecule has 146 valence electrons. The molecule has 26 heavy (non-hydrogen) atoms. The average Bonchev–Trinajstić information content (AvgIpc) is 2.58. The molecule has 0 aliphatic heterocycles. The lowest BCUT2D eigenvalue weighted by molar-refractivity contribution is -0.0498. The third-order valence-corrected chi connectivity index (χ3v) is 4.77. The average molecular weight is 369 g/mol. The first-order valence-electron chi connectivity index (χ1n) is 9.12. The van der Waals surface area contributed by atoms with Crippen LogP contribution in [0.2, 0.25) is 0 Å². The van der Waals surface area contributed by atoms with Gasteiger partial charge in [-0.05, 0) is 49.3 Å². The minimum atomic E-state index is -2.82. The summed E-state index contributed by atoms with van der Waals surface area (Å²) in [6, 6.07) is 6.64. The van der Waals surface area contributed by atoms with Crippen molar-refractivity contribution in [1.29, 1.82) is 0 Å². The monoisotopic (exact) mass is 369 g/mol. The molecule has 0 unspecified atom stereocenters. The van der Waals surface area contributed by atoms with Crippen molar-refractivity contribution in [3.05, 3.63) is 29.8 Å². The van der Waals surface area contributed by atoms with Crippen LogP contribution >= 0.6 is 0 Å². The predicted molar refractivity (Wildman–Crippen MR) is 98.7 cm³/mol. The van der Waals surface area contributed by atoms with Crippen LogP contribution in [0, 0.1) is 5.41 Å². The Balaban J connectivity index is 1.93. The van der Waals surface area contributed by atoms with Gasteiger partial charge < -0.3 is 20.1 Å². The molecule has 0 radical (unpaired) electrons. The van der Waals surface area contributed by atoms with Gasteiger partial charge in [0, 0.05) is 26.8 Å². The van der Waals surface area contributed by atoms with Crippen molar-refractivity contribution in [2.24, 2.45) is 10.4 Å². The van der Waals surface area contributed by atoms with Gasteiger partial charge in [0.05, 0.1) is 6.54 Å². The van der Waals surface area contributed by atoms with Crippen LogP contribution in [0.25, 0.3) is 0 Å². The van der Waals surface area contributed by atoms with Gasteiger partial charge in [-0.25, -0.2) is 4.99 Å². The van der Waals surface area contributed by atoms with E-state index in [0.717, 1.165) is 37.6 Å². The van der Waals surface area contributed by atoms with Gasteiger partial charge >= 0.3 is 6.61 Å². The summed E-state index contributed by atoms with van der Waals surface area (Å²) in [4.78, 5) is 4.57. The van der Waals surface area contributed by atoms with E-state index in [1.165, 1.54) is 25.3 Å². The maximum absolute atomic E-state index is 12.3. The molecule has 7 heteroatoms. The molecule has 2 N–H and O–H groups in total. The molecular formula is C19H29F2N3O2. The lowest BCUT2D eigenvalue weighted by Gasteiger charge is -2.42. The quantitative estimate of drug-likeness (QED) is 0.489. The molecule has 1 aliphatic carbocycles. The topological polar surface area (TPSA) is 54.9 Å². The van der Waals surface area contributed by atoms with Gasteiger partial charge in [0.1, 0.15) is 5.75 Å². The molecule has 0 bridgehead atoms. The Hall–Kier alpha value is -1.89.